The van der Waals surface area contributed by atoms with Crippen LogP contribution in [0.3, 0.4) is 0 Å². The van der Waals surface area contributed by atoms with Crippen molar-refractivity contribution in [3.8, 4) is 0 Å². The van der Waals surface area contributed by atoms with Gasteiger partial charge >= 0.3 is 5.97 Å². The molecule has 0 aliphatic heterocycles. The summed E-state index contributed by atoms with van der Waals surface area (Å²) in [5.41, 5.74) is 0.674. The summed E-state index contributed by atoms with van der Waals surface area (Å²) in [4.78, 5) is 14.6. The number of hydrogen-bond acceptors (Lipinski definition) is 3. The lowest BCUT2D eigenvalue weighted by molar-refractivity contribution is -0.136. The van der Waals surface area contributed by atoms with E-state index in [0.717, 1.165) is 11.4 Å². The van der Waals surface area contributed by atoms with Crippen LogP contribution < -0.4 is 0 Å². The lowest BCUT2D eigenvalue weighted by Crippen LogP contribution is -2.00. The standard InChI is InChI=1S/C9H13NO2S/c1-3-6(2)9-10-7(5-13-9)4-8(11)12/h5-6H,3-4H2,1-2H3,(H,11,12). The van der Waals surface area contributed by atoms with Crippen molar-refractivity contribution in [3.05, 3.63) is 16.1 Å². The minimum Gasteiger partial charge on any atom is -0.481 e. The molecule has 1 aromatic heterocycles. The van der Waals surface area contributed by atoms with Crippen LogP contribution in [0.5, 0.6) is 0 Å². The summed E-state index contributed by atoms with van der Waals surface area (Å²) >= 11 is 1.55. The molecule has 0 amide bonds. The Labute approximate surface area is 81.4 Å². The average Bonchev–Trinajstić information content (AvgIpc) is 2.50. The Morgan fingerprint density at radius 1 is 1.77 bits per heavy atom. The molecule has 0 spiro atoms. The molecule has 0 saturated carbocycles. The van der Waals surface area contributed by atoms with Crippen molar-refractivity contribution < 1.29 is 9.90 Å². The van der Waals surface area contributed by atoms with Gasteiger partial charge in [0, 0.05) is 11.3 Å². The van der Waals surface area contributed by atoms with Crippen LogP contribution in [0.2, 0.25) is 0 Å². The van der Waals surface area contributed by atoms with Gasteiger partial charge < -0.3 is 5.11 Å². The number of carboxylic acids is 1. The Bertz CT molecular complexity index is 296. The van der Waals surface area contributed by atoms with E-state index in [1.165, 1.54) is 0 Å². The van der Waals surface area contributed by atoms with E-state index in [1.54, 1.807) is 11.3 Å². The number of carboxylic acid groups (broad SMARTS) is 1. The maximum atomic E-state index is 10.4. The van der Waals surface area contributed by atoms with Crippen LogP contribution in [-0.2, 0) is 11.2 Å². The molecule has 1 atom stereocenters. The van der Waals surface area contributed by atoms with Gasteiger partial charge in [-0.3, -0.25) is 4.79 Å². The zero-order valence-corrected chi connectivity index (χ0v) is 8.60. The third-order valence-electron chi connectivity index (χ3n) is 1.94. The van der Waals surface area contributed by atoms with Crippen LogP contribution in [0.4, 0.5) is 0 Å². The third-order valence-corrected chi connectivity index (χ3v) is 3.06. The van der Waals surface area contributed by atoms with Crippen molar-refractivity contribution in [3.63, 3.8) is 0 Å². The number of aliphatic carboxylic acids is 1. The Morgan fingerprint density at radius 3 is 3.00 bits per heavy atom. The van der Waals surface area contributed by atoms with Gasteiger partial charge in [0.15, 0.2) is 0 Å². The Balaban J connectivity index is 2.68. The predicted molar refractivity (Wildman–Crippen MR) is 52.2 cm³/mol. The summed E-state index contributed by atoms with van der Waals surface area (Å²) in [6.45, 7) is 4.20. The van der Waals surface area contributed by atoms with E-state index in [-0.39, 0.29) is 6.42 Å². The van der Waals surface area contributed by atoms with Crippen molar-refractivity contribution in [1.82, 2.24) is 4.98 Å². The molecular weight excluding hydrogens is 186 g/mol. The first-order valence-corrected chi connectivity index (χ1v) is 5.17. The molecule has 1 unspecified atom stereocenters. The van der Waals surface area contributed by atoms with Crippen LogP contribution in [-0.4, -0.2) is 16.1 Å². The van der Waals surface area contributed by atoms with E-state index in [2.05, 4.69) is 18.8 Å². The summed E-state index contributed by atoms with van der Waals surface area (Å²) in [6.07, 6.45) is 1.08. The second kappa shape index (κ2) is 4.37. The highest BCUT2D eigenvalue weighted by Crippen LogP contribution is 2.22. The topological polar surface area (TPSA) is 50.2 Å². The zero-order chi connectivity index (χ0) is 9.84. The number of nitrogens with zero attached hydrogens (tertiary/aromatic N) is 1. The summed E-state index contributed by atoms with van der Waals surface area (Å²) in [7, 11) is 0. The van der Waals surface area contributed by atoms with Gasteiger partial charge in [0.05, 0.1) is 17.1 Å². The summed E-state index contributed by atoms with van der Waals surface area (Å²) in [5, 5.41) is 11.4. The van der Waals surface area contributed by atoms with E-state index in [4.69, 9.17) is 5.11 Å². The molecule has 3 nitrogen and oxygen atoms in total. The lowest BCUT2D eigenvalue weighted by Gasteiger charge is -2.01. The quantitative estimate of drug-likeness (QED) is 0.809. The molecule has 1 rings (SSSR count). The first-order chi connectivity index (χ1) is 6.13. The van der Waals surface area contributed by atoms with Gasteiger partial charge in [-0.2, -0.15) is 0 Å². The highest BCUT2D eigenvalue weighted by Gasteiger charge is 2.10. The first kappa shape index (κ1) is 10.2. The monoisotopic (exact) mass is 199 g/mol. The predicted octanol–water partition coefficient (Wildman–Crippen LogP) is 2.28. The molecule has 4 heteroatoms. The summed E-state index contributed by atoms with van der Waals surface area (Å²) < 4.78 is 0. The lowest BCUT2D eigenvalue weighted by atomic mass is 10.1. The third kappa shape index (κ3) is 2.81. The van der Waals surface area contributed by atoms with E-state index < -0.39 is 5.97 Å². The fourth-order valence-corrected chi connectivity index (χ4v) is 1.92. The molecule has 0 aromatic carbocycles. The van der Waals surface area contributed by atoms with Crippen molar-refractivity contribution in [2.45, 2.75) is 32.6 Å². The molecular formula is C9H13NO2S. The zero-order valence-electron chi connectivity index (χ0n) is 7.78. The molecule has 0 radical (unpaired) electrons. The van der Waals surface area contributed by atoms with E-state index in [9.17, 15) is 4.79 Å². The number of thiazole rings is 1. The van der Waals surface area contributed by atoms with Gasteiger partial charge in [-0.05, 0) is 6.42 Å². The molecule has 1 aromatic rings. The van der Waals surface area contributed by atoms with Crippen LogP contribution in [0.1, 0.15) is 36.9 Å². The number of hydrogen-bond donors (Lipinski definition) is 1. The van der Waals surface area contributed by atoms with Gasteiger partial charge in [0.2, 0.25) is 0 Å². The van der Waals surface area contributed by atoms with Crippen molar-refractivity contribution in [1.29, 1.82) is 0 Å². The highest BCUT2D eigenvalue weighted by molar-refractivity contribution is 7.09. The molecule has 1 N–H and O–H groups in total. The van der Waals surface area contributed by atoms with E-state index in [0.29, 0.717) is 11.6 Å². The van der Waals surface area contributed by atoms with Gasteiger partial charge in [-0.1, -0.05) is 13.8 Å². The molecule has 0 saturated heterocycles. The smallest absolute Gasteiger partial charge is 0.309 e. The van der Waals surface area contributed by atoms with Crippen LogP contribution >= 0.6 is 11.3 Å². The number of rotatable bonds is 4. The SMILES string of the molecule is CCC(C)c1nc(CC(=O)O)cs1. The molecule has 1 heterocycles. The maximum absolute atomic E-state index is 10.4. The molecule has 0 aliphatic rings. The van der Waals surface area contributed by atoms with Gasteiger partial charge in [-0.25, -0.2) is 4.98 Å². The fourth-order valence-electron chi connectivity index (χ4n) is 0.960. The number of aromatic nitrogens is 1. The van der Waals surface area contributed by atoms with Crippen LogP contribution in [0.15, 0.2) is 5.38 Å². The normalized spacial score (nSPS) is 12.8. The maximum Gasteiger partial charge on any atom is 0.309 e. The minimum atomic E-state index is -0.819. The van der Waals surface area contributed by atoms with Gasteiger partial charge in [-0.15, -0.1) is 11.3 Å². The second-order valence-electron chi connectivity index (χ2n) is 3.06. The van der Waals surface area contributed by atoms with Crippen molar-refractivity contribution >= 4 is 17.3 Å². The fraction of sp³-hybridized carbons (Fsp3) is 0.556. The summed E-state index contributed by atoms with van der Waals surface area (Å²) in [5.74, 6) is -0.381. The van der Waals surface area contributed by atoms with E-state index in [1.807, 2.05) is 5.38 Å². The largest absolute Gasteiger partial charge is 0.481 e. The molecule has 0 aliphatic carbocycles. The number of carbonyl (C=O) groups is 1. The van der Waals surface area contributed by atoms with Gasteiger partial charge in [0.1, 0.15) is 0 Å². The van der Waals surface area contributed by atoms with Crippen LogP contribution in [0, 0.1) is 0 Å². The van der Waals surface area contributed by atoms with Crippen molar-refractivity contribution in [2.75, 3.05) is 0 Å². The van der Waals surface area contributed by atoms with Crippen molar-refractivity contribution in [2.24, 2.45) is 0 Å². The minimum absolute atomic E-state index is 0.0347. The van der Waals surface area contributed by atoms with Gasteiger partial charge in [0.25, 0.3) is 0 Å². The highest BCUT2D eigenvalue weighted by atomic mass is 32.1. The average molecular weight is 199 g/mol. The van der Waals surface area contributed by atoms with Crippen LogP contribution in [0.25, 0.3) is 0 Å². The molecule has 13 heavy (non-hydrogen) atoms. The molecule has 0 bridgehead atoms. The Kier molecular flexibility index (Phi) is 3.42. The summed E-state index contributed by atoms with van der Waals surface area (Å²) in [6, 6.07) is 0. The van der Waals surface area contributed by atoms with E-state index >= 15 is 0 Å². The Morgan fingerprint density at radius 2 is 2.46 bits per heavy atom. The molecule has 0 fully saturated rings. The molecule has 72 valence electrons. The second-order valence-corrected chi connectivity index (χ2v) is 3.95. The Hall–Kier alpha value is -0.900. The first-order valence-electron chi connectivity index (χ1n) is 4.29.